The third kappa shape index (κ3) is 4.02. The Kier molecular flexibility index (Phi) is 6.22. The van der Waals surface area contributed by atoms with Crippen LogP contribution in [-0.2, 0) is 0 Å². The number of hydrogen-bond donors (Lipinski definition) is 2. The fraction of sp³-hybridized carbons (Fsp3) is 0.200. The number of aliphatic hydroxyl groups is 1. The van der Waals surface area contributed by atoms with Gasteiger partial charge in [-0.2, -0.15) is 0 Å². The van der Waals surface area contributed by atoms with E-state index in [-0.39, 0.29) is 5.82 Å². The molecule has 3 nitrogen and oxygen atoms in total. The molecule has 0 spiro atoms. The number of aryl methyl sites for hydroxylation is 1. The molecule has 0 aliphatic heterocycles. The van der Waals surface area contributed by atoms with Gasteiger partial charge in [-0.15, -0.1) is 0 Å². The Morgan fingerprint density at radius 3 is 2.60 bits per heavy atom. The van der Waals surface area contributed by atoms with Gasteiger partial charge in [0.25, 0.3) is 0 Å². The van der Waals surface area contributed by atoms with Crippen LogP contribution in [0, 0.1) is 16.3 Å². The second-order valence-corrected chi connectivity index (χ2v) is 8.72. The Morgan fingerprint density at radius 1 is 1.07 bits per heavy atom. The largest absolute Gasteiger partial charge is 0.389 e. The van der Waals surface area contributed by atoms with Gasteiger partial charge in [0.05, 0.1) is 12.1 Å². The van der Waals surface area contributed by atoms with E-state index in [4.69, 9.17) is 0 Å². The zero-order valence-corrected chi connectivity index (χ0v) is 19.1. The van der Waals surface area contributed by atoms with E-state index in [9.17, 15) is 9.50 Å². The van der Waals surface area contributed by atoms with Crippen LogP contribution >= 0.6 is 22.6 Å². The summed E-state index contributed by atoms with van der Waals surface area (Å²) < 4.78 is 17.4. The highest BCUT2D eigenvalue weighted by Crippen LogP contribution is 2.36. The van der Waals surface area contributed by atoms with Gasteiger partial charge in [0.2, 0.25) is 0 Å². The second-order valence-electron chi connectivity index (χ2n) is 7.56. The van der Waals surface area contributed by atoms with Crippen molar-refractivity contribution >= 4 is 33.5 Å². The van der Waals surface area contributed by atoms with Crippen LogP contribution in [0.25, 0.3) is 22.0 Å². The highest BCUT2D eigenvalue weighted by Gasteiger charge is 2.25. The van der Waals surface area contributed by atoms with E-state index in [0.29, 0.717) is 6.54 Å². The third-order valence-corrected chi connectivity index (χ3v) is 6.69. The molecule has 1 heterocycles. The van der Waals surface area contributed by atoms with Gasteiger partial charge in [0.15, 0.2) is 0 Å². The highest BCUT2D eigenvalue weighted by atomic mass is 127. The molecule has 3 aromatic carbocycles. The van der Waals surface area contributed by atoms with Gasteiger partial charge in [-0.3, -0.25) is 0 Å². The van der Waals surface area contributed by atoms with Gasteiger partial charge in [0, 0.05) is 32.8 Å². The molecule has 0 radical (unpaired) electrons. The zero-order valence-electron chi connectivity index (χ0n) is 16.9. The summed E-state index contributed by atoms with van der Waals surface area (Å²) in [5.74, 6) is -0.306. The van der Waals surface area contributed by atoms with Crippen molar-refractivity contribution in [1.82, 2.24) is 9.88 Å². The Morgan fingerprint density at radius 2 is 1.87 bits per heavy atom. The van der Waals surface area contributed by atoms with Crippen LogP contribution in [0.15, 0.2) is 72.9 Å². The van der Waals surface area contributed by atoms with Gasteiger partial charge in [-0.05, 0) is 77.5 Å². The third-order valence-electron chi connectivity index (χ3n) is 5.48. The Labute approximate surface area is 189 Å². The molecule has 0 unspecified atom stereocenters. The summed E-state index contributed by atoms with van der Waals surface area (Å²) in [7, 11) is 1.80. The monoisotopic (exact) mass is 514 g/mol. The van der Waals surface area contributed by atoms with Crippen LogP contribution < -0.4 is 5.32 Å². The van der Waals surface area contributed by atoms with E-state index in [1.165, 1.54) is 21.3 Å². The van der Waals surface area contributed by atoms with Crippen molar-refractivity contribution in [2.24, 2.45) is 0 Å². The number of fused-ring (bicyclic) bond motifs is 1. The summed E-state index contributed by atoms with van der Waals surface area (Å²) in [6.07, 6.45) is 1.36. The van der Waals surface area contributed by atoms with E-state index in [2.05, 4.69) is 75.9 Å². The van der Waals surface area contributed by atoms with E-state index in [0.717, 1.165) is 27.6 Å². The van der Waals surface area contributed by atoms with E-state index < -0.39 is 12.1 Å². The number of rotatable bonds is 6. The quantitative estimate of drug-likeness (QED) is 0.332. The number of aliphatic hydroxyl groups excluding tert-OH is 1. The van der Waals surface area contributed by atoms with E-state index >= 15 is 0 Å². The lowest BCUT2D eigenvalue weighted by atomic mass is 10.0. The molecule has 2 N–H and O–H groups in total. The summed E-state index contributed by atoms with van der Waals surface area (Å²) >= 11 is 2.34. The molecule has 4 rings (SSSR count). The van der Waals surface area contributed by atoms with Gasteiger partial charge in [-0.25, -0.2) is 4.39 Å². The smallest absolute Gasteiger partial charge is 0.123 e. The SMILES string of the molecule is CNC[C@@H](O)[C@H](c1cccc(F)c1)n1cc(-c2ccc(I)c(C)c2)c2ccccc21. The molecule has 0 bridgehead atoms. The van der Waals surface area contributed by atoms with Crippen LogP contribution in [-0.4, -0.2) is 29.4 Å². The standard InChI is InChI=1S/C25H24FIN2O/c1-16-12-17(10-11-22(16)27)21-15-29(23-9-4-3-8-20(21)23)25(24(30)14-28-2)18-6-5-7-19(26)13-18/h3-13,15,24-25,28,30H,14H2,1-2H3/t24-,25+/m1/s1. The predicted octanol–water partition coefficient (Wildman–Crippen LogP) is 5.53. The first-order valence-electron chi connectivity index (χ1n) is 9.94. The lowest BCUT2D eigenvalue weighted by molar-refractivity contribution is 0.132. The number of halogens is 2. The number of aromatic nitrogens is 1. The fourth-order valence-electron chi connectivity index (χ4n) is 4.06. The van der Waals surface area contributed by atoms with Crippen molar-refractivity contribution in [3.8, 4) is 11.1 Å². The minimum Gasteiger partial charge on any atom is -0.389 e. The van der Waals surface area contributed by atoms with Gasteiger partial charge >= 0.3 is 0 Å². The minimum atomic E-state index is -0.723. The number of hydrogen-bond acceptors (Lipinski definition) is 2. The molecule has 0 saturated heterocycles. The lowest BCUT2D eigenvalue weighted by Gasteiger charge is -2.26. The number of nitrogens with zero attached hydrogens (tertiary/aromatic N) is 1. The second kappa shape index (κ2) is 8.88. The molecular formula is C25H24FIN2O. The minimum absolute atomic E-state index is 0.306. The average Bonchev–Trinajstić information content (AvgIpc) is 3.10. The number of nitrogens with one attached hydrogen (secondary N) is 1. The van der Waals surface area contributed by atoms with Crippen molar-refractivity contribution in [3.05, 3.63) is 93.4 Å². The van der Waals surface area contributed by atoms with E-state index in [1.54, 1.807) is 13.1 Å². The summed E-state index contributed by atoms with van der Waals surface area (Å²) in [4.78, 5) is 0. The van der Waals surface area contributed by atoms with Crippen molar-refractivity contribution in [1.29, 1.82) is 0 Å². The van der Waals surface area contributed by atoms with Gasteiger partial charge < -0.3 is 15.0 Å². The fourth-order valence-corrected chi connectivity index (χ4v) is 4.39. The Hall–Kier alpha value is -2.22. The normalized spacial score (nSPS) is 13.5. The number of likely N-dealkylation sites (N-methyl/N-ethyl adjacent to an activating group) is 1. The summed E-state index contributed by atoms with van der Waals surface area (Å²) in [5.41, 5.74) is 5.20. The Balaban J connectivity index is 1.94. The molecule has 0 fully saturated rings. The molecule has 0 saturated carbocycles. The van der Waals surface area contributed by atoms with Crippen LogP contribution in [0.1, 0.15) is 17.2 Å². The van der Waals surface area contributed by atoms with Gasteiger partial charge in [-0.1, -0.05) is 42.5 Å². The van der Waals surface area contributed by atoms with Crippen molar-refractivity contribution in [2.45, 2.75) is 19.1 Å². The molecule has 0 aliphatic rings. The molecule has 4 aromatic rings. The molecule has 154 valence electrons. The van der Waals surface area contributed by atoms with E-state index in [1.807, 2.05) is 18.2 Å². The topological polar surface area (TPSA) is 37.2 Å². The first kappa shape index (κ1) is 21.0. The molecule has 0 amide bonds. The molecule has 1 aromatic heterocycles. The zero-order chi connectivity index (χ0) is 21.3. The van der Waals surface area contributed by atoms with Crippen LogP contribution in [0.5, 0.6) is 0 Å². The maximum absolute atomic E-state index is 14.1. The van der Waals surface area contributed by atoms with Crippen LogP contribution in [0.4, 0.5) is 4.39 Å². The van der Waals surface area contributed by atoms with Crippen LogP contribution in [0.2, 0.25) is 0 Å². The first-order valence-corrected chi connectivity index (χ1v) is 11.0. The summed E-state index contributed by atoms with van der Waals surface area (Å²) in [5, 5.41) is 15.2. The van der Waals surface area contributed by atoms with Crippen LogP contribution in [0.3, 0.4) is 0 Å². The molecule has 0 aliphatic carbocycles. The predicted molar refractivity (Wildman–Crippen MR) is 129 cm³/mol. The first-order chi connectivity index (χ1) is 14.5. The summed E-state index contributed by atoms with van der Waals surface area (Å²) in [6.45, 7) is 2.50. The average molecular weight is 514 g/mol. The number of para-hydroxylation sites is 1. The molecule has 30 heavy (non-hydrogen) atoms. The molecule has 5 heteroatoms. The lowest BCUT2D eigenvalue weighted by Crippen LogP contribution is -2.33. The molecule has 2 atom stereocenters. The van der Waals surface area contributed by atoms with Crippen molar-refractivity contribution in [3.63, 3.8) is 0 Å². The molecular weight excluding hydrogens is 490 g/mol. The van der Waals surface area contributed by atoms with Gasteiger partial charge in [0.1, 0.15) is 5.82 Å². The Bertz CT molecular complexity index is 1190. The van der Waals surface area contributed by atoms with Crippen molar-refractivity contribution in [2.75, 3.05) is 13.6 Å². The maximum Gasteiger partial charge on any atom is 0.123 e. The highest BCUT2D eigenvalue weighted by molar-refractivity contribution is 14.1. The maximum atomic E-state index is 14.1. The van der Waals surface area contributed by atoms with Crippen molar-refractivity contribution < 1.29 is 9.50 Å². The summed E-state index contributed by atoms with van der Waals surface area (Å²) in [6, 6.07) is 20.7. The number of benzene rings is 3.